The first-order chi connectivity index (χ1) is 8.74. The van der Waals surface area contributed by atoms with Crippen LogP contribution >= 0.6 is 0 Å². The van der Waals surface area contributed by atoms with Crippen molar-refractivity contribution in [3.63, 3.8) is 0 Å². The molecule has 0 heterocycles. The minimum Gasteiger partial charge on any atom is -0.378 e. The standard InChI is InChI=1S/C15H28N2O/c1-18-15(5-2-6-15)10-14(17-16)9-13-8-11-3-4-12(13)7-11/h11-14,17H,2-10,16H2,1H3. The van der Waals surface area contributed by atoms with Gasteiger partial charge in [0.25, 0.3) is 0 Å². The highest BCUT2D eigenvalue weighted by atomic mass is 16.5. The van der Waals surface area contributed by atoms with Crippen LogP contribution in [-0.4, -0.2) is 18.8 Å². The Labute approximate surface area is 111 Å². The van der Waals surface area contributed by atoms with E-state index in [2.05, 4.69) is 5.43 Å². The predicted octanol–water partition coefficient (Wildman–Crippen LogP) is 2.60. The number of fused-ring (bicyclic) bond motifs is 2. The number of ether oxygens (including phenoxy) is 1. The molecule has 3 rings (SSSR count). The molecule has 3 heteroatoms. The van der Waals surface area contributed by atoms with E-state index in [1.54, 1.807) is 0 Å². The molecule has 104 valence electrons. The van der Waals surface area contributed by atoms with E-state index >= 15 is 0 Å². The van der Waals surface area contributed by atoms with Crippen LogP contribution in [-0.2, 0) is 4.74 Å². The van der Waals surface area contributed by atoms with Crippen molar-refractivity contribution in [1.82, 2.24) is 5.43 Å². The molecular weight excluding hydrogens is 224 g/mol. The van der Waals surface area contributed by atoms with E-state index in [1.807, 2.05) is 7.11 Å². The quantitative estimate of drug-likeness (QED) is 0.564. The van der Waals surface area contributed by atoms with E-state index in [-0.39, 0.29) is 5.60 Å². The van der Waals surface area contributed by atoms with Gasteiger partial charge in [-0.1, -0.05) is 6.42 Å². The van der Waals surface area contributed by atoms with Crippen molar-refractivity contribution in [1.29, 1.82) is 0 Å². The first-order valence-electron chi connectivity index (χ1n) is 7.76. The van der Waals surface area contributed by atoms with Crippen molar-refractivity contribution in [2.24, 2.45) is 23.6 Å². The Balaban J connectivity index is 1.53. The molecule has 3 aliphatic rings. The summed E-state index contributed by atoms with van der Waals surface area (Å²) in [6, 6.07) is 0.453. The summed E-state index contributed by atoms with van der Waals surface area (Å²) < 4.78 is 5.74. The van der Waals surface area contributed by atoms with Gasteiger partial charge in [-0.15, -0.1) is 0 Å². The molecular formula is C15H28N2O. The molecule has 3 saturated carbocycles. The molecule has 4 atom stereocenters. The van der Waals surface area contributed by atoms with Gasteiger partial charge in [-0.25, -0.2) is 0 Å². The van der Waals surface area contributed by atoms with Crippen molar-refractivity contribution < 1.29 is 4.74 Å². The summed E-state index contributed by atoms with van der Waals surface area (Å²) in [5, 5.41) is 0. The first-order valence-corrected chi connectivity index (χ1v) is 7.76. The third-order valence-electron chi connectivity index (χ3n) is 6.02. The Bertz CT molecular complexity index is 285. The highest BCUT2D eigenvalue weighted by Gasteiger charge is 2.43. The van der Waals surface area contributed by atoms with Gasteiger partial charge in [0.1, 0.15) is 0 Å². The van der Waals surface area contributed by atoms with Crippen LogP contribution in [0.5, 0.6) is 0 Å². The van der Waals surface area contributed by atoms with Crippen LogP contribution in [0, 0.1) is 17.8 Å². The van der Waals surface area contributed by atoms with Crippen LogP contribution in [0.1, 0.15) is 57.8 Å². The lowest BCUT2D eigenvalue weighted by atomic mass is 9.73. The minimum absolute atomic E-state index is 0.147. The molecule has 0 aliphatic heterocycles. The second-order valence-electron chi connectivity index (χ2n) is 6.98. The summed E-state index contributed by atoms with van der Waals surface area (Å²) in [6.07, 6.45) is 12.1. The fourth-order valence-corrected chi connectivity index (χ4v) is 4.75. The lowest BCUT2D eigenvalue weighted by Crippen LogP contribution is -2.48. The molecule has 0 aromatic rings. The van der Waals surface area contributed by atoms with Gasteiger partial charge in [-0.05, 0) is 69.1 Å². The fourth-order valence-electron chi connectivity index (χ4n) is 4.75. The summed E-state index contributed by atoms with van der Waals surface area (Å²) in [7, 11) is 1.87. The maximum atomic E-state index is 5.78. The highest BCUT2D eigenvalue weighted by molar-refractivity contribution is 4.96. The summed E-state index contributed by atoms with van der Waals surface area (Å²) in [5.74, 6) is 8.76. The number of hydrazine groups is 1. The van der Waals surface area contributed by atoms with Crippen molar-refractivity contribution in [3.8, 4) is 0 Å². The van der Waals surface area contributed by atoms with E-state index in [4.69, 9.17) is 10.6 Å². The topological polar surface area (TPSA) is 47.3 Å². The molecule has 0 radical (unpaired) electrons. The first kappa shape index (κ1) is 12.9. The second-order valence-corrected chi connectivity index (χ2v) is 6.98. The molecule has 0 saturated heterocycles. The van der Waals surface area contributed by atoms with Crippen LogP contribution in [0.2, 0.25) is 0 Å². The lowest BCUT2D eigenvalue weighted by molar-refractivity contribution is -0.0850. The van der Waals surface area contributed by atoms with Crippen LogP contribution in [0.4, 0.5) is 0 Å². The van der Waals surface area contributed by atoms with Crippen molar-refractivity contribution >= 4 is 0 Å². The Morgan fingerprint density at radius 1 is 1.33 bits per heavy atom. The highest BCUT2D eigenvalue weighted by Crippen LogP contribution is 2.50. The molecule has 2 bridgehead atoms. The summed E-state index contributed by atoms with van der Waals surface area (Å²) >= 11 is 0. The molecule has 3 fully saturated rings. The number of methoxy groups -OCH3 is 1. The smallest absolute Gasteiger partial charge is 0.0694 e. The summed E-state index contributed by atoms with van der Waals surface area (Å²) in [4.78, 5) is 0. The van der Waals surface area contributed by atoms with E-state index in [1.165, 1.54) is 51.4 Å². The van der Waals surface area contributed by atoms with E-state index in [9.17, 15) is 0 Å². The molecule has 3 nitrogen and oxygen atoms in total. The van der Waals surface area contributed by atoms with Gasteiger partial charge in [-0.2, -0.15) is 0 Å². The Morgan fingerprint density at radius 2 is 2.17 bits per heavy atom. The third kappa shape index (κ3) is 2.33. The molecule has 0 aromatic carbocycles. The molecule has 0 amide bonds. The van der Waals surface area contributed by atoms with Gasteiger partial charge in [-0.3, -0.25) is 11.3 Å². The maximum absolute atomic E-state index is 5.78. The van der Waals surface area contributed by atoms with Crippen LogP contribution < -0.4 is 11.3 Å². The molecule has 4 unspecified atom stereocenters. The summed E-state index contributed by atoms with van der Waals surface area (Å²) in [5.41, 5.74) is 3.21. The molecule has 18 heavy (non-hydrogen) atoms. The van der Waals surface area contributed by atoms with E-state index in [0.717, 1.165) is 24.2 Å². The zero-order chi connectivity index (χ0) is 12.6. The van der Waals surface area contributed by atoms with Gasteiger partial charge in [0.15, 0.2) is 0 Å². The van der Waals surface area contributed by atoms with Gasteiger partial charge < -0.3 is 4.74 Å². The number of rotatable bonds is 6. The van der Waals surface area contributed by atoms with Crippen molar-refractivity contribution in [2.75, 3.05) is 7.11 Å². The van der Waals surface area contributed by atoms with Gasteiger partial charge >= 0.3 is 0 Å². The maximum Gasteiger partial charge on any atom is 0.0694 e. The average molecular weight is 252 g/mol. The van der Waals surface area contributed by atoms with Crippen molar-refractivity contribution in [2.45, 2.75) is 69.4 Å². The Morgan fingerprint density at radius 3 is 2.61 bits per heavy atom. The number of nitrogens with one attached hydrogen (secondary N) is 1. The molecule has 0 spiro atoms. The third-order valence-corrected chi connectivity index (χ3v) is 6.02. The van der Waals surface area contributed by atoms with Crippen molar-refractivity contribution in [3.05, 3.63) is 0 Å². The van der Waals surface area contributed by atoms with Gasteiger partial charge in [0.2, 0.25) is 0 Å². The molecule has 3 aliphatic carbocycles. The largest absolute Gasteiger partial charge is 0.378 e. The Kier molecular flexibility index (Phi) is 3.65. The van der Waals surface area contributed by atoms with Gasteiger partial charge in [0.05, 0.1) is 5.60 Å². The van der Waals surface area contributed by atoms with Crippen LogP contribution in [0.15, 0.2) is 0 Å². The zero-order valence-corrected chi connectivity index (χ0v) is 11.7. The number of hydrogen-bond donors (Lipinski definition) is 2. The average Bonchev–Trinajstić information content (AvgIpc) is 2.94. The van der Waals surface area contributed by atoms with Crippen LogP contribution in [0.25, 0.3) is 0 Å². The second kappa shape index (κ2) is 5.10. The fraction of sp³-hybridized carbons (Fsp3) is 1.00. The number of hydrogen-bond acceptors (Lipinski definition) is 3. The molecule has 3 N–H and O–H groups in total. The zero-order valence-electron chi connectivity index (χ0n) is 11.7. The SMILES string of the molecule is COC1(CC(CC2CC3CCC2C3)NN)CCC1. The summed E-state index contributed by atoms with van der Waals surface area (Å²) in [6.45, 7) is 0. The predicted molar refractivity (Wildman–Crippen MR) is 72.9 cm³/mol. The van der Waals surface area contributed by atoms with Crippen LogP contribution in [0.3, 0.4) is 0 Å². The van der Waals surface area contributed by atoms with E-state index < -0.39 is 0 Å². The minimum atomic E-state index is 0.147. The van der Waals surface area contributed by atoms with Gasteiger partial charge in [0, 0.05) is 13.2 Å². The monoisotopic (exact) mass is 252 g/mol. The number of nitrogens with two attached hydrogens (primary N) is 1. The Hall–Kier alpha value is -0.120. The molecule has 0 aromatic heterocycles. The normalized spacial score (nSPS) is 38.7. The lowest BCUT2D eigenvalue weighted by Gasteiger charge is -2.43. The van der Waals surface area contributed by atoms with E-state index in [0.29, 0.717) is 6.04 Å².